The van der Waals surface area contributed by atoms with E-state index in [1.165, 1.54) is 11.3 Å². The van der Waals surface area contributed by atoms with Crippen molar-refractivity contribution in [1.29, 1.82) is 0 Å². The Kier molecular flexibility index (Phi) is 7.25. The molecule has 0 saturated carbocycles. The van der Waals surface area contributed by atoms with Crippen molar-refractivity contribution in [2.75, 3.05) is 50.0 Å². The molecule has 0 spiro atoms. The van der Waals surface area contributed by atoms with Crippen LogP contribution in [0.4, 0.5) is 16.6 Å². The molecule has 170 valence electrons. The second-order valence-corrected chi connectivity index (χ2v) is 9.34. The number of thiazole rings is 1. The molecule has 2 aromatic heterocycles. The fraction of sp³-hybridized carbons (Fsp3) is 0.435. The number of hydrogen-bond acceptors (Lipinski definition) is 7. The van der Waals surface area contributed by atoms with Gasteiger partial charge in [0.05, 0.1) is 0 Å². The number of halogens is 1. The van der Waals surface area contributed by atoms with Crippen LogP contribution in [0.25, 0.3) is 10.3 Å². The highest BCUT2D eigenvalue weighted by molar-refractivity contribution is 7.22. The van der Waals surface area contributed by atoms with Crippen molar-refractivity contribution in [3.63, 3.8) is 0 Å². The Morgan fingerprint density at radius 2 is 1.94 bits per heavy atom. The summed E-state index contributed by atoms with van der Waals surface area (Å²) in [5.74, 6) is 0.827. The number of fused-ring (bicyclic) bond motifs is 1. The van der Waals surface area contributed by atoms with Crippen LogP contribution in [0.3, 0.4) is 0 Å². The second kappa shape index (κ2) is 10.1. The molecule has 1 aliphatic rings. The van der Waals surface area contributed by atoms with E-state index in [0.717, 1.165) is 61.0 Å². The molecule has 2 unspecified atom stereocenters. The Bertz CT molecular complexity index is 1070. The Morgan fingerprint density at radius 3 is 2.66 bits per heavy atom. The number of nitrogens with zero attached hydrogens (tertiary/aromatic N) is 5. The number of pyridine rings is 1. The van der Waals surface area contributed by atoms with Crippen LogP contribution < -0.4 is 10.2 Å². The van der Waals surface area contributed by atoms with Gasteiger partial charge in [-0.05, 0) is 62.5 Å². The van der Waals surface area contributed by atoms with Crippen molar-refractivity contribution in [3.8, 4) is 0 Å². The normalized spacial score (nSPS) is 17.7. The third-order valence-corrected chi connectivity index (χ3v) is 6.99. The van der Waals surface area contributed by atoms with E-state index < -0.39 is 0 Å². The van der Waals surface area contributed by atoms with Crippen molar-refractivity contribution >= 4 is 55.8 Å². The molecule has 2 atom stereocenters. The maximum atomic E-state index is 12.6. The quantitative estimate of drug-likeness (QED) is 0.439. The summed E-state index contributed by atoms with van der Waals surface area (Å²) in [6.07, 6.45) is 1.08. The van der Waals surface area contributed by atoms with Crippen molar-refractivity contribution in [2.45, 2.75) is 26.3 Å². The van der Waals surface area contributed by atoms with Gasteiger partial charge >= 0.3 is 0 Å². The zero-order valence-electron chi connectivity index (χ0n) is 18.7. The van der Waals surface area contributed by atoms with E-state index >= 15 is 0 Å². The predicted molar refractivity (Wildman–Crippen MR) is 133 cm³/mol. The van der Waals surface area contributed by atoms with E-state index in [0.29, 0.717) is 10.2 Å². The molecule has 3 aromatic rings. The number of rotatable bonds is 10. The van der Waals surface area contributed by atoms with Crippen LogP contribution in [0.5, 0.6) is 0 Å². The van der Waals surface area contributed by atoms with Gasteiger partial charge in [-0.1, -0.05) is 36.8 Å². The van der Waals surface area contributed by atoms with Gasteiger partial charge in [-0.25, -0.2) is 9.97 Å². The summed E-state index contributed by atoms with van der Waals surface area (Å²) in [6.45, 7) is 9.37. The molecular weight excluding hydrogens is 444 g/mol. The van der Waals surface area contributed by atoms with E-state index in [2.05, 4.69) is 33.9 Å². The third-order valence-electron chi connectivity index (χ3n) is 5.86. The Morgan fingerprint density at radius 1 is 1.19 bits per heavy atom. The van der Waals surface area contributed by atoms with Crippen LogP contribution >= 0.6 is 22.9 Å². The Hall–Kier alpha value is -2.26. The highest BCUT2D eigenvalue weighted by Crippen LogP contribution is 2.30. The van der Waals surface area contributed by atoms with E-state index in [-0.39, 0.29) is 11.9 Å². The SMILES string of the molecule is CCN(CC)CCCN1CC1C(=O)Nc1nc2ccc(N(C)c3ccc(Cl)cc3)nc2s1. The highest BCUT2D eigenvalue weighted by Gasteiger charge is 2.40. The van der Waals surface area contributed by atoms with Crippen molar-refractivity contribution in [1.82, 2.24) is 19.8 Å². The number of carbonyl (C=O) groups excluding carboxylic acids is 1. The van der Waals surface area contributed by atoms with Crippen LogP contribution in [-0.4, -0.2) is 71.5 Å². The largest absolute Gasteiger partial charge is 0.329 e. The lowest BCUT2D eigenvalue weighted by atomic mass is 10.3. The van der Waals surface area contributed by atoms with Gasteiger partial charge < -0.3 is 15.1 Å². The van der Waals surface area contributed by atoms with Crippen molar-refractivity contribution in [3.05, 3.63) is 41.4 Å². The Balaban J connectivity index is 1.34. The molecule has 1 aliphatic heterocycles. The number of anilines is 3. The number of aromatic nitrogens is 2. The van der Waals surface area contributed by atoms with Crippen molar-refractivity contribution < 1.29 is 4.79 Å². The predicted octanol–water partition coefficient (Wildman–Crippen LogP) is 4.47. The van der Waals surface area contributed by atoms with Gasteiger partial charge in [0, 0.05) is 30.8 Å². The first-order chi connectivity index (χ1) is 15.5. The molecule has 0 bridgehead atoms. The molecule has 9 heteroatoms. The fourth-order valence-corrected chi connectivity index (χ4v) is 4.70. The molecule has 3 heterocycles. The lowest BCUT2D eigenvalue weighted by Gasteiger charge is -2.18. The van der Waals surface area contributed by atoms with Crippen LogP contribution in [0, 0.1) is 0 Å². The van der Waals surface area contributed by atoms with Crippen LogP contribution in [0.2, 0.25) is 5.02 Å². The third kappa shape index (κ3) is 5.38. The molecule has 1 N–H and O–H groups in total. The average Bonchev–Trinajstić information content (AvgIpc) is 3.47. The summed E-state index contributed by atoms with van der Waals surface area (Å²) < 4.78 is 0. The minimum absolute atomic E-state index is 0.0189. The summed E-state index contributed by atoms with van der Waals surface area (Å²) >= 11 is 7.39. The van der Waals surface area contributed by atoms with Gasteiger partial charge in [-0.15, -0.1) is 0 Å². The first kappa shape index (κ1) is 22.9. The summed E-state index contributed by atoms with van der Waals surface area (Å²) in [6, 6.07) is 11.5. The zero-order valence-corrected chi connectivity index (χ0v) is 20.3. The monoisotopic (exact) mass is 472 g/mol. The van der Waals surface area contributed by atoms with Gasteiger partial charge in [0.15, 0.2) is 5.13 Å². The summed E-state index contributed by atoms with van der Waals surface area (Å²) in [5, 5.41) is 4.28. The molecular formula is C23H29ClN6OS. The lowest BCUT2D eigenvalue weighted by Crippen LogP contribution is -2.26. The smallest absolute Gasteiger partial charge is 0.244 e. The number of benzene rings is 1. The molecule has 1 aromatic carbocycles. The number of hydrogen-bond donors (Lipinski definition) is 1. The second-order valence-electron chi connectivity index (χ2n) is 7.93. The van der Waals surface area contributed by atoms with Gasteiger partial charge in [0.1, 0.15) is 22.2 Å². The van der Waals surface area contributed by atoms with Crippen LogP contribution in [0.15, 0.2) is 36.4 Å². The molecule has 4 rings (SSSR count). The minimum Gasteiger partial charge on any atom is -0.329 e. The van der Waals surface area contributed by atoms with E-state index in [4.69, 9.17) is 16.6 Å². The molecule has 1 amide bonds. The van der Waals surface area contributed by atoms with Gasteiger partial charge in [-0.3, -0.25) is 9.69 Å². The van der Waals surface area contributed by atoms with E-state index in [9.17, 15) is 4.79 Å². The summed E-state index contributed by atoms with van der Waals surface area (Å²) in [4.78, 5) is 29.3. The molecule has 0 radical (unpaired) electrons. The van der Waals surface area contributed by atoms with Gasteiger partial charge in [0.2, 0.25) is 5.91 Å². The van der Waals surface area contributed by atoms with Crippen LogP contribution in [0.1, 0.15) is 20.3 Å². The lowest BCUT2D eigenvalue weighted by molar-refractivity contribution is -0.116. The summed E-state index contributed by atoms with van der Waals surface area (Å²) in [7, 11) is 1.96. The van der Waals surface area contributed by atoms with Crippen molar-refractivity contribution in [2.24, 2.45) is 0 Å². The number of amides is 1. The first-order valence-electron chi connectivity index (χ1n) is 11.0. The molecule has 32 heavy (non-hydrogen) atoms. The van der Waals surface area contributed by atoms with Crippen LogP contribution in [-0.2, 0) is 4.79 Å². The highest BCUT2D eigenvalue weighted by atomic mass is 35.5. The average molecular weight is 473 g/mol. The van der Waals surface area contributed by atoms with E-state index in [1.54, 1.807) is 0 Å². The number of carbonyl (C=O) groups is 1. The van der Waals surface area contributed by atoms with Gasteiger partial charge in [0.25, 0.3) is 0 Å². The number of nitrogens with one attached hydrogen (secondary N) is 1. The summed E-state index contributed by atoms with van der Waals surface area (Å²) in [5.41, 5.74) is 1.78. The topological polar surface area (TPSA) is 64.4 Å². The maximum Gasteiger partial charge on any atom is 0.244 e. The minimum atomic E-state index is -0.0433. The van der Waals surface area contributed by atoms with E-state index in [1.807, 2.05) is 48.3 Å². The Labute approximate surface area is 198 Å². The van der Waals surface area contributed by atoms with Gasteiger partial charge in [-0.2, -0.15) is 0 Å². The maximum absolute atomic E-state index is 12.6. The molecule has 1 fully saturated rings. The molecule has 1 saturated heterocycles. The molecule has 0 aliphatic carbocycles. The fourth-order valence-electron chi connectivity index (χ4n) is 3.74. The zero-order chi connectivity index (χ0) is 22.7. The first-order valence-corrected chi connectivity index (χ1v) is 12.2. The standard InChI is InChI=1S/C23H29ClN6OS/c1-4-29(5-2)13-6-14-30-15-19(30)21(31)27-23-25-18-11-12-20(26-22(18)32-23)28(3)17-9-7-16(24)8-10-17/h7-12,19H,4-6,13-15H2,1-3H3,(H,25,27,31). The molecule has 7 nitrogen and oxygen atoms in total.